The number of aromatic nitrogens is 1. The Bertz CT molecular complexity index is 1000. The topological polar surface area (TPSA) is 69.5 Å². The van der Waals surface area contributed by atoms with Crippen LogP contribution in [0.3, 0.4) is 0 Å². The highest BCUT2D eigenvalue weighted by Crippen LogP contribution is 2.30. The summed E-state index contributed by atoms with van der Waals surface area (Å²) in [6.45, 7) is 0.628. The molecule has 6 heteroatoms. The van der Waals surface area contributed by atoms with Crippen molar-refractivity contribution in [2.75, 3.05) is 25.5 Å². The molecular formula is C19H19N3O3. The number of hydrogen-bond acceptors (Lipinski definition) is 4. The first kappa shape index (κ1) is 15.7. The first-order valence-electron chi connectivity index (χ1n) is 8.22. The van der Waals surface area contributed by atoms with Gasteiger partial charge in [-0.15, -0.1) is 0 Å². The molecule has 1 aromatic heterocycles. The van der Waals surface area contributed by atoms with Gasteiger partial charge in [-0.3, -0.25) is 9.78 Å². The van der Waals surface area contributed by atoms with Gasteiger partial charge in [0.1, 0.15) is 0 Å². The van der Waals surface area contributed by atoms with E-state index in [0.29, 0.717) is 23.2 Å². The van der Waals surface area contributed by atoms with Gasteiger partial charge >= 0.3 is 5.76 Å². The molecule has 128 valence electrons. The van der Waals surface area contributed by atoms with Crippen molar-refractivity contribution in [1.29, 1.82) is 0 Å². The molecule has 0 radical (unpaired) electrons. The largest absolute Gasteiger partial charge is 0.417 e. The molecule has 1 unspecified atom stereocenters. The fourth-order valence-corrected chi connectivity index (χ4v) is 3.35. The van der Waals surface area contributed by atoms with Crippen molar-refractivity contribution in [2.24, 2.45) is 0 Å². The van der Waals surface area contributed by atoms with E-state index in [0.717, 1.165) is 12.1 Å². The lowest BCUT2D eigenvalue weighted by atomic mass is 9.96. The number of benzene rings is 2. The minimum absolute atomic E-state index is 0.0806. The zero-order valence-electron chi connectivity index (χ0n) is 14.2. The highest BCUT2D eigenvalue weighted by atomic mass is 16.4. The number of oxazole rings is 1. The molecule has 2 heterocycles. The predicted molar refractivity (Wildman–Crippen MR) is 96.1 cm³/mol. The maximum Gasteiger partial charge on any atom is 0.417 e. The summed E-state index contributed by atoms with van der Waals surface area (Å²) in [6.07, 6.45) is 0.918. The van der Waals surface area contributed by atoms with Gasteiger partial charge in [0.2, 0.25) is 0 Å². The van der Waals surface area contributed by atoms with E-state index in [1.807, 2.05) is 37.2 Å². The van der Waals surface area contributed by atoms with Gasteiger partial charge in [-0.25, -0.2) is 4.79 Å². The molecule has 0 aliphatic carbocycles. The molecule has 0 saturated carbocycles. The smallest absolute Gasteiger partial charge is 0.408 e. The van der Waals surface area contributed by atoms with E-state index in [9.17, 15) is 9.59 Å². The second-order valence-corrected chi connectivity index (χ2v) is 6.59. The third kappa shape index (κ3) is 2.74. The summed E-state index contributed by atoms with van der Waals surface area (Å²) >= 11 is 0. The van der Waals surface area contributed by atoms with Crippen molar-refractivity contribution >= 4 is 22.7 Å². The van der Waals surface area contributed by atoms with Gasteiger partial charge in [0.15, 0.2) is 5.58 Å². The van der Waals surface area contributed by atoms with Crippen LogP contribution in [0.1, 0.15) is 15.9 Å². The molecule has 1 amide bonds. The highest BCUT2D eigenvalue weighted by Gasteiger charge is 2.30. The number of likely N-dealkylation sites (N-methyl/N-ethyl adjacent to an activating group) is 1. The SMILES string of the molecule is CN(C)C1Cc2ccccc2N(C(=O)c2ccc3oc(=O)[nH]c3c2)C1. The fourth-order valence-electron chi connectivity index (χ4n) is 3.35. The summed E-state index contributed by atoms with van der Waals surface area (Å²) in [4.78, 5) is 31.1. The van der Waals surface area contributed by atoms with Crippen LogP contribution in [-0.4, -0.2) is 42.5 Å². The summed E-state index contributed by atoms with van der Waals surface area (Å²) in [5.41, 5.74) is 3.63. The lowest BCUT2D eigenvalue weighted by molar-refractivity contribution is 0.0976. The molecule has 1 atom stereocenters. The van der Waals surface area contributed by atoms with E-state index in [1.165, 1.54) is 5.56 Å². The number of nitrogens with one attached hydrogen (secondary N) is 1. The summed E-state index contributed by atoms with van der Waals surface area (Å²) in [7, 11) is 4.06. The molecule has 6 nitrogen and oxygen atoms in total. The molecule has 2 aromatic carbocycles. The van der Waals surface area contributed by atoms with Crippen LogP contribution >= 0.6 is 0 Å². The highest BCUT2D eigenvalue weighted by molar-refractivity contribution is 6.08. The van der Waals surface area contributed by atoms with Crippen molar-refractivity contribution in [3.63, 3.8) is 0 Å². The van der Waals surface area contributed by atoms with Crippen LogP contribution in [0, 0.1) is 0 Å². The molecule has 1 aliphatic heterocycles. The summed E-state index contributed by atoms with van der Waals surface area (Å²) in [5.74, 6) is -0.599. The molecule has 25 heavy (non-hydrogen) atoms. The third-order valence-corrected chi connectivity index (χ3v) is 4.77. The maximum atomic E-state index is 13.2. The summed E-state index contributed by atoms with van der Waals surface area (Å²) in [6, 6.07) is 13.3. The normalized spacial score (nSPS) is 17.1. The molecule has 1 N–H and O–H groups in total. The van der Waals surface area contributed by atoms with Gasteiger partial charge in [0.25, 0.3) is 5.91 Å². The average Bonchev–Trinajstić information content (AvgIpc) is 2.99. The first-order chi connectivity index (χ1) is 12.0. The van der Waals surface area contributed by atoms with E-state index < -0.39 is 5.76 Å². The number of hydrogen-bond donors (Lipinski definition) is 1. The maximum absolute atomic E-state index is 13.2. The van der Waals surface area contributed by atoms with Crippen LogP contribution < -0.4 is 10.7 Å². The second-order valence-electron chi connectivity index (χ2n) is 6.59. The molecule has 3 aromatic rings. The third-order valence-electron chi connectivity index (χ3n) is 4.77. The Morgan fingerprint density at radius 1 is 1.24 bits per heavy atom. The van der Waals surface area contributed by atoms with E-state index >= 15 is 0 Å². The summed E-state index contributed by atoms with van der Waals surface area (Å²) in [5, 5.41) is 0. The number of H-pyrrole nitrogens is 1. The Kier molecular flexibility index (Phi) is 3.69. The first-order valence-corrected chi connectivity index (χ1v) is 8.22. The van der Waals surface area contributed by atoms with E-state index in [1.54, 1.807) is 18.2 Å². The van der Waals surface area contributed by atoms with Crippen LogP contribution in [0.4, 0.5) is 5.69 Å². The van der Waals surface area contributed by atoms with Gasteiger partial charge in [0, 0.05) is 23.8 Å². The molecule has 0 saturated heterocycles. The Hall–Kier alpha value is -2.86. The van der Waals surface area contributed by atoms with Crippen LogP contribution in [-0.2, 0) is 6.42 Å². The number of anilines is 1. The van der Waals surface area contributed by atoms with E-state index in [2.05, 4.69) is 16.0 Å². The van der Waals surface area contributed by atoms with E-state index in [4.69, 9.17) is 4.42 Å². The van der Waals surface area contributed by atoms with Gasteiger partial charge in [-0.05, 0) is 50.3 Å². The minimum atomic E-state index is -0.518. The van der Waals surface area contributed by atoms with Crippen LogP contribution in [0.2, 0.25) is 0 Å². The van der Waals surface area contributed by atoms with Crippen LogP contribution in [0.25, 0.3) is 11.1 Å². The zero-order chi connectivity index (χ0) is 17.6. The van der Waals surface area contributed by atoms with Gasteiger partial charge in [-0.1, -0.05) is 18.2 Å². The number of aromatic amines is 1. The molecular weight excluding hydrogens is 318 g/mol. The zero-order valence-corrected chi connectivity index (χ0v) is 14.2. The standard InChI is InChI=1S/C19H19N3O3/c1-21(2)14-9-12-5-3-4-6-16(12)22(11-14)18(23)13-7-8-17-15(10-13)20-19(24)25-17/h3-8,10,14H,9,11H2,1-2H3,(H,20,24). The number of nitrogens with zero attached hydrogens (tertiary/aromatic N) is 2. The Labute approximate surface area is 144 Å². The lowest BCUT2D eigenvalue weighted by Gasteiger charge is -2.37. The van der Waals surface area contributed by atoms with Crippen molar-refractivity contribution in [3.05, 3.63) is 64.1 Å². The molecule has 0 fully saturated rings. The van der Waals surface area contributed by atoms with Gasteiger partial charge in [-0.2, -0.15) is 0 Å². The number of para-hydroxylation sites is 1. The molecule has 0 bridgehead atoms. The van der Waals surface area contributed by atoms with Gasteiger partial charge < -0.3 is 14.2 Å². The number of amides is 1. The average molecular weight is 337 g/mol. The Balaban J connectivity index is 1.75. The van der Waals surface area contributed by atoms with Crippen molar-refractivity contribution < 1.29 is 9.21 Å². The quantitative estimate of drug-likeness (QED) is 0.779. The van der Waals surface area contributed by atoms with Crippen molar-refractivity contribution in [3.8, 4) is 0 Å². The number of rotatable bonds is 2. The number of fused-ring (bicyclic) bond motifs is 2. The fraction of sp³-hybridized carbons (Fsp3) is 0.263. The molecule has 1 aliphatic rings. The van der Waals surface area contributed by atoms with Crippen LogP contribution in [0.5, 0.6) is 0 Å². The second kappa shape index (κ2) is 5.89. The molecule has 0 spiro atoms. The van der Waals surface area contributed by atoms with Crippen molar-refractivity contribution in [1.82, 2.24) is 9.88 Å². The van der Waals surface area contributed by atoms with Gasteiger partial charge in [0.05, 0.1) is 5.52 Å². The number of carbonyl (C=O) groups excluding carboxylic acids is 1. The predicted octanol–water partition coefficient (Wildman–Crippen LogP) is 2.25. The Morgan fingerprint density at radius 2 is 2.04 bits per heavy atom. The summed E-state index contributed by atoms with van der Waals surface area (Å²) < 4.78 is 5.01. The molecule has 4 rings (SSSR count). The number of carbonyl (C=O) groups is 1. The monoisotopic (exact) mass is 337 g/mol. The van der Waals surface area contributed by atoms with E-state index in [-0.39, 0.29) is 11.9 Å². The lowest BCUT2D eigenvalue weighted by Crippen LogP contribution is -2.48. The Morgan fingerprint density at radius 3 is 2.84 bits per heavy atom. The minimum Gasteiger partial charge on any atom is -0.408 e. The van der Waals surface area contributed by atoms with Crippen LogP contribution in [0.15, 0.2) is 51.7 Å². The van der Waals surface area contributed by atoms with Crippen molar-refractivity contribution in [2.45, 2.75) is 12.5 Å².